The molecule has 1 aliphatic heterocycles. The van der Waals surface area contributed by atoms with Crippen LogP contribution in [0.1, 0.15) is 17.2 Å². The Bertz CT molecular complexity index is 664. The molecule has 0 radical (unpaired) electrons. The van der Waals surface area contributed by atoms with Crippen LogP contribution in [0, 0.1) is 0 Å². The number of nitrogens with one attached hydrogen (secondary N) is 1. The van der Waals surface area contributed by atoms with Crippen LogP contribution in [0.25, 0.3) is 0 Å². The first kappa shape index (κ1) is 14.5. The van der Waals surface area contributed by atoms with Gasteiger partial charge in [-0.1, -0.05) is 35.3 Å². The van der Waals surface area contributed by atoms with E-state index in [0.29, 0.717) is 23.3 Å². The minimum absolute atomic E-state index is 0.212. The van der Waals surface area contributed by atoms with Gasteiger partial charge in [0.15, 0.2) is 11.5 Å². The van der Waals surface area contributed by atoms with E-state index in [-0.39, 0.29) is 6.04 Å². The molecule has 0 aliphatic carbocycles. The van der Waals surface area contributed by atoms with Crippen LogP contribution >= 0.6 is 23.2 Å². The van der Waals surface area contributed by atoms with E-state index in [1.807, 2.05) is 24.3 Å². The number of rotatable bonds is 3. The third-order valence-corrected chi connectivity index (χ3v) is 4.08. The minimum Gasteiger partial charge on any atom is -0.486 e. The monoisotopic (exact) mass is 324 g/mol. The second-order valence-electron chi connectivity index (χ2n) is 4.68. The lowest BCUT2D eigenvalue weighted by Crippen LogP contribution is -2.29. The summed E-state index contributed by atoms with van der Waals surface area (Å²) in [7, 11) is 0. The Kier molecular flexibility index (Phi) is 4.22. The van der Waals surface area contributed by atoms with Gasteiger partial charge in [0, 0.05) is 0 Å². The maximum Gasteiger partial charge on any atom is 0.161 e. The van der Waals surface area contributed by atoms with Gasteiger partial charge >= 0.3 is 0 Å². The van der Waals surface area contributed by atoms with Gasteiger partial charge in [-0.25, -0.2) is 5.43 Å². The zero-order chi connectivity index (χ0) is 14.8. The molecule has 0 saturated carbocycles. The average Bonchev–Trinajstić information content (AvgIpc) is 2.51. The van der Waals surface area contributed by atoms with Crippen molar-refractivity contribution in [3.05, 3.63) is 57.6 Å². The second kappa shape index (κ2) is 6.12. The van der Waals surface area contributed by atoms with Gasteiger partial charge in [-0.3, -0.25) is 5.84 Å². The van der Waals surface area contributed by atoms with Gasteiger partial charge in [0.1, 0.15) is 13.2 Å². The van der Waals surface area contributed by atoms with E-state index < -0.39 is 0 Å². The summed E-state index contributed by atoms with van der Waals surface area (Å²) >= 11 is 12.0. The number of halogens is 2. The van der Waals surface area contributed by atoms with Gasteiger partial charge < -0.3 is 9.47 Å². The highest BCUT2D eigenvalue weighted by Crippen LogP contribution is 2.35. The third-order valence-electron chi connectivity index (χ3n) is 3.34. The van der Waals surface area contributed by atoms with E-state index in [0.717, 1.165) is 22.6 Å². The Morgan fingerprint density at radius 3 is 2.29 bits per heavy atom. The molecule has 110 valence electrons. The molecule has 0 bridgehead atoms. The third kappa shape index (κ3) is 2.94. The molecule has 4 nitrogen and oxygen atoms in total. The van der Waals surface area contributed by atoms with E-state index in [1.165, 1.54) is 0 Å². The first-order valence-corrected chi connectivity index (χ1v) is 7.25. The van der Waals surface area contributed by atoms with Crippen LogP contribution in [0.4, 0.5) is 0 Å². The molecule has 0 saturated heterocycles. The molecule has 0 amide bonds. The van der Waals surface area contributed by atoms with E-state index in [1.54, 1.807) is 12.1 Å². The van der Waals surface area contributed by atoms with Crippen LogP contribution in [0.2, 0.25) is 10.0 Å². The lowest BCUT2D eigenvalue weighted by atomic mass is 9.99. The van der Waals surface area contributed by atoms with Crippen LogP contribution in [0.5, 0.6) is 11.5 Å². The number of benzene rings is 2. The average molecular weight is 325 g/mol. The Morgan fingerprint density at radius 1 is 0.905 bits per heavy atom. The Balaban J connectivity index is 1.97. The SMILES string of the molecule is NNC(c1ccc(Cl)c(Cl)c1)c1ccc2c(c1)OCCO2. The molecule has 0 aromatic heterocycles. The van der Waals surface area contributed by atoms with Crippen molar-refractivity contribution in [2.45, 2.75) is 6.04 Å². The summed E-state index contributed by atoms with van der Waals surface area (Å²) in [4.78, 5) is 0. The van der Waals surface area contributed by atoms with E-state index in [2.05, 4.69) is 5.43 Å². The predicted molar refractivity (Wildman–Crippen MR) is 83.1 cm³/mol. The molecule has 1 heterocycles. The summed E-state index contributed by atoms with van der Waals surface area (Å²) < 4.78 is 11.1. The number of fused-ring (bicyclic) bond motifs is 1. The molecular formula is C15H14Cl2N2O2. The van der Waals surface area contributed by atoms with Crippen molar-refractivity contribution in [2.75, 3.05) is 13.2 Å². The molecule has 0 fully saturated rings. The Hall–Kier alpha value is -1.46. The second-order valence-corrected chi connectivity index (χ2v) is 5.49. The fourth-order valence-corrected chi connectivity index (χ4v) is 2.62. The molecule has 0 spiro atoms. The molecule has 3 rings (SSSR count). The normalized spacial score (nSPS) is 14.8. The van der Waals surface area contributed by atoms with Crippen LogP contribution in [0.3, 0.4) is 0 Å². The summed E-state index contributed by atoms with van der Waals surface area (Å²) in [5.41, 5.74) is 4.67. The minimum atomic E-state index is -0.212. The van der Waals surface area contributed by atoms with Crippen molar-refractivity contribution >= 4 is 23.2 Å². The predicted octanol–water partition coefficient (Wildman–Crippen LogP) is 3.32. The van der Waals surface area contributed by atoms with E-state index in [4.69, 9.17) is 38.5 Å². The van der Waals surface area contributed by atoms with Gasteiger partial charge in [0.25, 0.3) is 0 Å². The van der Waals surface area contributed by atoms with Crippen molar-refractivity contribution in [3.8, 4) is 11.5 Å². The number of nitrogens with two attached hydrogens (primary N) is 1. The molecule has 2 aromatic carbocycles. The van der Waals surface area contributed by atoms with Gasteiger partial charge in [-0.05, 0) is 35.4 Å². The van der Waals surface area contributed by atoms with Crippen LogP contribution in [-0.4, -0.2) is 13.2 Å². The lowest BCUT2D eigenvalue weighted by molar-refractivity contribution is 0.171. The van der Waals surface area contributed by atoms with Crippen LogP contribution in [0.15, 0.2) is 36.4 Å². The zero-order valence-corrected chi connectivity index (χ0v) is 12.6. The highest BCUT2D eigenvalue weighted by atomic mass is 35.5. The molecule has 1 unspecified atom stereocenters. The van der Waals surface area contributed by atoms with Gasteiger partial charge in [-0.15, -0.1) is 0 Å². The van der Waals surface area contributed by atoms with E-state index >= 15 is 0 Å². The number of hydrazine groups is 1. The number of hydrogen-bond donors (Lipinski definition) is 2. The number of ether oxygens (including phenoxy) is 2. The van der Waals surface area contributed by atoms with Gasteiger partial charge in [0.05, 0.1) is 16.1 Å². The summed E-state index contributed by atoms with van der Waals surface area (Å²) in [5, 5.41) is 1.00. The standard InChI is InChI=1S/C15H14Cl2N2O2/c16-11-3-1-9(7-12(11)17)15(19-18)10-2-4-13-14(8-10)21-6-5-20-13/h1-4,7-8,15,19H,5-6,18H2. The molecule has 21 heavy (non-hydrogen) atoms. The van der Waals surface area contributed by atoms with Gasteiger partial charge in [-0.2, -0.15) is 0 Å². The quantitative estimate of drug-likeness (QED) is 0.671. The largest absolute Gasteiger partial charge is 0.486 e. The Labute approximate surface area is 132 Å². The molecule has 6 heteroatoms. The van der Waals surface area contributed by atoms with Crippen LogP contribution < -0.4 is 20.7 Å². The summed E-state index contributed by atoms with van der Waals surface area (Å²) in [5.74, 6) is 7.17. The maximum atomic E-state index is 6.07. The first-order chi connectivity index (χ1) is 10.2. The van der Waals surface area contributed by atoms with Crippen molar-refractivity contribution in [1.29, 1.82) is 0 Å². The van der Waals surface area contributed by atoms with Gasteiger partial charge in [0.2, 0.25) is 0 Å². The van der Waals surface area contributed by atoms with Crippen molar-refractivity contribution in [1.82, 2.24) is 5.43 Å². The highest BCUT2D eigenvalue weighted by Gasteiger charge is 2.18. The van der Waals surface area contributed by atoms with Crippen molar-refractivity contribution in [3.63, 3.8) is 0 Å². The number of hydrogen-bond acceptors (Lipinski definition) is 4. The Morgan fingerprint density at radius 2 is 1.57 bits per heavy atom. The molecule has 1 aliphatic rings. The van der Waals surface area contributed by atoms with E-state index in [9.17, 15) is 0 Å². The fraction of sp³-hybridized carbons (Fsp3) is 0.200. The molecule has 2 aromatic rings. The van der Waals surface area contributed by atoms with Crippen LogP contribution in [-0.2, 0) is 0 Å². The summed E-state index contributed by atoms with van der Waals surface area (Å²) in [6.45, 7) is 1.11. The topological polar surface area (TPSA) is 56.5 Å². The fourth-order valence-electron chi connectivity index (χ4n) is 2.32. The first-order valence-electron chi connectivity index (χ1n) is 6.49. The maximum absolute atomic E-state index is 6.07. The van der Waals surface area contributed by atoms with Crippen molar-refractivity contribution < 1.29 is 9.47 Å². The van der Waals surface area contributed by atoms with Crippen molar-refractivity contribution in [2.24, 2.45) is 5.84 Å². The summed E-state index contributed by atoms with van der Waals surface area (Å²) in [6.07, 6.45) is 0. The molecule has 1 atom stereocenters. The molecule has 3 N–H and O–H groups in total. The lowest BCUT2D eigenvalue weighted by Gasteiger charge is -2.22. The smallest absolute Gasteiger partial charge is 0.161 e. The zero-order valence-electron chi connectivity index (χ0n) is 11.1. The summed E-state index contributed by atoms with van der Waals surface area (Å²) in [6, 6.07) is 11.0. The highest BCUT2D eigenvalue weighted by molar-refractivity contribution is 6.42. The molecular weight excluding hydrogens is 311 g/mol.